The van der Waals surface area contributed by atoms with Gasteiger partial charge in [0.2, 0.25) is 5.91 Å². The molecule has 3 N–H and O–H groups in total. The highest BCUT2D eigenvalue weighted by atomic mass is 32.1. The normalized spacial score (nSPS) is 17.2. The number of carboxylic acid groups (broad SMARTS) is 1. The van der Waals surface area contributed by atoms with Crippen LogP contribution in [0.5, 0.6) is 5.75 Å². The molecule has 2 aromatic rings. The predicted molar refractivity (Wildman–Crippen MR) is 90.8 cm³/mol. The fraction of sp³-hybridized carbons (Fsp3) is 0.250. The Morgan fingerprint density at radius 2 is 2.20 bits per heavy atom. The number of thiazole rings is 1. The van der Waals surface area contributed by atoms with Crippen LogP contribution in [0.15, 0.2) is 23.6 Å². The lowest BCUT2D eigenvalue weighted by Crippen LogP contribution is -2.34. The van der Waals surface area contributed by atoms with Crippen LogP contribution in [0.4, 0.5) is 10.8 Å². The van der Waals surface area contributed by atoms with Crippen molar-refractivity contribution in [2.45, 2.75) is 25.8 Å². The third kappa shape index (κ3) is 3.45. The van der Waals surface area contributed by atoms with Crippen molar-refractivity contribution in [3.63, 3.8) is 0 Å². The number of phenols is 1. The van der Waals surface area contributed by atoms with Crippen molar-refractivity contribution >= 4 is 39.9 Å². The first-order chi connectivity index (χ1) is 11.8. The van der Waals surface area contributed by atoms with Gasteiger partial charge in [0, 0.05) is 5.38 Å². The number of aryl methyl sites for hydroxylation is 1. The van der Waals surface area contributed by atoms with Crippen LogP contribution in [0.3, 0.4) is 0 Å². The summed E-state index contributed by atoms with van der Waals surface area (Å²) in [5.74, 6) is -1.96. The molecule has 130 valence electrons. The predicted octanol–water partition coefficient (Wildman–Crippen LogP) is 1.53. The van der Waals surface area contributed by atoms with Crippen molar-refractivity contribution in [2.24, 2.45) is 0 Å². The molecule has 9 heteroatoms. The molecule has 1 fully saturated rings. The minimum atomic E-state index is -1.04. The molecule has 1 aromatic heterocycles. The van der Waals surface area contributed by atoms with Crippen LogP contribution < -0.4 is 10.2 Å². The summed E-state index contributed by atoms with van der Waals surface area (Å²) in [7, 11) is 0. The molecule has 0 aliphatic carbocycles. The zero-order valence-electron chi connectivity index (χ0n) is 13.2. The summed E-state index contributed by atoms with van der Waals surface area (Å²) in [5.41, 5.74) is 1.56. The Labute approximate surface area is 146 Å². The summed E-state index contributed by atoms with van der Waals surface area (Å²) in [6.07, 6.45) is -0.342. The van der Waals surface area contributed by atoms with E-state index in [9.17, 15) is 19.5 Å². The zero-order chi connectivity index (χ0) is 18.1. The van der Waals surface area contributed by atoms with Crippen molar-refractivity contribution in [3.05, 3.63) is 34.8 Å². The van der Waals surface area contributed by atoms with Gasteiger partial charge in [-0.15, -0.1) is 11.3 Å². The maximum absolute atomic E-state index is 12.6. The fourth-order valence-electron chi connectivity index (χ4n) is 2.53. The number of carboxylic acids is 1. The Morgan fingerprint density at radius 3 is 2.92 bits per heavy atom. The van der Waals surface area contributed by atoms with E-state index in [2.05, 4.69) is 10.3 Å². The minimum Gasteiger partial charge on any atom is -0.506 e. The number of carbonyl (C=O) groups excluding carboxylic acids is 2. The summed E-state index contributed by atoms with van der Waals surface area (Å²) in [6.45, 7) is 1.85. The van der Waals surface area contributed by atoms with Crippen LogP contribution in [0.25, 0.3) is 0 Å². The van der Waals surface area contributed by atoms with Gasteiger partial charge in [0.25, 0.3) is 5.91 Å². The van der Waals surface area contributed by atoms with Gasteiger partial charge in [-0.2, -0.15) is 0 Å². The Bertz CT molecular complexity index is 863. The van der Waals surface area contributed by atoms with Crippen molar-refractivity contribution in [1.29, 1.82) is 0 Å². The fourth-order valence-corrected chi connectivity index (χ4v) is 3.38. The zero-order valence-corrected chi connectivity index (χ0v) is 14.0. The van der Waals surface area contributed by atoms with Crippen molar-refractivity contribution in [3.8, 4) is 5.75 Å². The van der Waals surface area contributed by atoms with Gasteiger partial charge in [0.1, 0.15) is 11.8 Å². The van der Waals surface area contributed by atoms with Crippen molar-refractivity contribution in [2.75, 3.05) is 10.2 Å². The highest BCUT2D eigenvalue weighted by molar-refractivity contribution is 7.14. The molecule has 1 aromatic carbocycles. The molecule has 8 nitrogen and oxygen atoms in total. The summed E-state index contributed by atoms with van der Waals surface area (Å²) in [5, 5.41) is 23.2. The maximum atomic E-state index is 12.6. The molecule has 1 unspecified atom stereocenters. The average Bonchev–Trinajstić information content (AvgIpc) is 3.07. The second-order valence-corrected chi connectivity index (χ2v) is 6.52. The number of benzene rings is 1. The monoisotopic (exact) mass is 361 g/mol. The molecule has 0 radical (unpaired) electrons. The maximum Gasteiger partial charge on any atom is 0.309 e. The molecule has 1 atom stereocenters. The lowest BCUT2D eigenvalue weighted by atomic mass is 10.1. The number of phenolic OH excluding ortho intramolecular Hbond substituents is 1. The molecule has 0 spiro atoms. The van der Waals surface area contributed by atoms with Crippen LogP contribution >= 0.6 is 11.3 Å². The van der Waals surface area contributed by atoms with Gasteiger partial charge in [-0.05, 0) is 24.6 Å². The molecule has 2 amide bonds. The summed E-state index contributed by atoms with van der Waals surface area (Å²) >= 11 is 1.04. The summed E-state index contributed by atoms with van der Waals surface area (Å²) < 4.78 is 0. The Hall–Kier alpha value is -2.94. The summed E-state index contributed by atoms with van der Waals surface area (Å²) in [4.78, 5) is 40.5. The second kappa shape index (κ2) is 6.52. The van der Waals surface area contributed by atoms with Gasteiger partial charge >= 0.3 is 5.97 Å². The van der Waals surface area contributed by atoms with Gasteiger partial charge in [-0.3, -0.25) is 14.4 Å². The first kappa shape index (κ1) is 16.9. The molecule has 3 rings (SSSR count). The number of aliphatic carboxylic acids is 1. The van der Waals surface area contributed by atoms with E-state index in [4.69, 9.17) is 5.11 Å². The number of rotatable bonds is 5. The van der Waals surface area contributed by atoms with Crippen LogP contribution in [0.1, 0.15) is 17.7 Å². The van der Waals surface area contributed by atoms with E-state index in [0.29, 0.717) is 11.4 Å². The molecule has 1 aliphatic heterocycles. The molecule has 0 bridgehead atoms. The SMILES string of the molecule is Cc1ccc(O)c(NC2CC(=O)N(c3nc(CC(=O)O)cs3)C2=O)c1. The second-order valence-electron chi connectivity index (χ2n) is 5.68. The van der Waals surface area contributed by atoms with Gasteiger partial charge in [-0.1, -0.05) is 6.07 Å². The number of hydrogen-bond donors (Lipinski definition) is 3. The van der Waals surface area contributed by atoms with E-state index in [1.165, 1.54) is 11.4 Å². The topological polar surface area (TPSA) is 120 Å². The Morgan fingerprint density at radius 1 is 1.44 bits per heavy atom. The van der Waals surface area contributed by atoms with E-state index in [1.807, 2.05) is 6.92 Å². The van der Waals surface area contributed by atoms with Gasteiger partial charge in [-0.25, -0.2) is 9.88 Å². The summed E-state index contributed by atoms with van der Waals surface area (Å²) in [6, 6.07) is 4.11. The number of nitrogens with one attached hydrogen (secondary N) is 1. The van der Waals surface area contributed by atoms with Crippen molar-refractivity contribution < 1.29 is 24.6 Å². The highest BCUT2D eigenvalue weighted by Gasteiger charge is 2.41. The quantitative estimate of drug-likeness (QED) is 0.545. The molecule has 1 saturated heterocycles. The minimum absolute atomic E-state index is 0.0118. The number of nitrogens with zero attached hydrogens (tertiary/aromatic N) is 2. The number of hydrogen-bond acceptors (Lipinski definition) is 7. The molecule has 25 heavy (non-hydrogen) atoms. The van der Waals surface area contributed by atoms with E-state index < -0.39 is 23.8 Å². The Balaban J connectivity index is 1.79. The van der Waals surface area contributed by atoms with Crippen LogP contribution in [-0.2, 0) is 20.8 Å². The van der Waals surface area contributed by atoms with E-state index in [1.54, 1.807) is 12.1 Å². The smallest absolute Gasteiger partial charge is 0.309 e. The number of anilines is 2. The highest BCUT2D eigenvalue weighted by Crippen LogP contribution is 2.30. The van der Waals surface area contributed by atoms with Crippen LogP contribution in [0, 0.1) is 6.92 Å². The molecule has 2 heterocycles. The number of aromatic nitrogens is 1. The molecular formula is C16H15N3O5S. The Kier molecular flexibility index (Phi) is 4.41. The van der Waals surface area contributed by atoms with Gasteiger partial charge < -0.3 is 15.5 Å². The lowest BCUT2D eigenvalue weighted by molar-refractivity contribution is -0.136. The number of carbonyl (C=O) groups is 3. The van der Waals surface area contributed by atoms with Crippen LogP contribution in [-0.4, -0.2) is 39.0 Å². The van der Waals surface area contributed by atoms with Crippen molar-refractivity contribution in [1.82, 2.24) is 4.98 Å². The third-order valence-electron chi connectivity index (χ3n) is 3.69. The van der Waals surface area contributed by atoms with Crippen LogP contribution in [0.2, 0.25) is 0 Å². The lowest BCUT2D eigenvalue weighted by Gasteiger charge is -2.15. The van der Waals surface area contributed by atoms with E-state index in [-0.39, 0.29) is 23.7 Å². The third-order valence-corrected chi connectivity index (χ3v) is 4.57. The molecule has 1 aliphatic rings. The van der Waals surface area contributed by atoms with E-state index in [0.717, 1.165) is 21.8 Å². The standard InChI is InChI=1S/C16H15N3O5S/c1-8-2-3-12(20)10(4-8)18-11-6-13(21)19(15(11)24)16-17-9(7-25-16)5-14(22)23/h2-4,7,11,18,20H,5-6H2,1H3,(H,22,23). The largest absolute Gasteiger partial charge is 0.506 e. The van der Waals surface area contributed by atoms with Gasteiger partial charge in [0.15, 0.2) is 5.13 Å². The number of amides is 2. The molecule has 0 saturated carbocycles. The van der Waals surface area contributed by atoms with E-state index >= 15 is 0 Å². The number of aromatic hydroxyl groups is 1. The first-order valence-electron chi connectivity index (χ1n) is 7.44. The first-order valence-corrected chi connectivity index (χ1v) is 8.32. The van der Waals surface area contributed by atoms with Gasteiger partial charge in [0.05, 0.1) is 24.2 Å². The number of imide groups is 1. The molecular weight excluding hydrogens is 346 g/mol. The average molecular weight is 361 g/mol.